The summed E-state index contributed by atoms with van der Waals surface area (Å²) < 4.78 is 1.95. The van der Waals surface area contributed by atoms with Gasteiger partial charge in [0.05, 0.1) is 12.6 Å². The van der Waals surface area contributed by atoms with E-state index in [-0.39, 0.29) is 6.04 Å². The topological polar surface area (TPSA) is 63.0 Å². The summed E-state index contributed by atoms with van der Waals surface area (Å²) in [5.74, 6) is 0.905. The van der Waals surface area contributed by atoms with Gasteiger partial charge in [-0.25, -0.2) is 4.68 Å². The fourth-order valence-corrected chi connectivity index (χ4v) is 4.68. The third kappa shape index (κ3) is 4.13. The summed E-state index contributed by atoms with van der Waals surface area (Å²) in [7, 11) is 0. The number of hydrogen-bond donors (Lipinski definition) is 0. The number of tetrazole rings is 1. The molecule has 2 fully saturated rings. The van der Waals surface area contributed by atoms with E-state index in [0.29, 0.717) is 6.54 Å². The second-order valence-electron chi connectivity index (χ2n) is 8.37. The Bertz CT molecular complexity index is 923. The molecule has 3 heterocycles. The second kappa shape index (κ2) is 9.02. The van der Waals surface area contributed by atoms with E-state index in [1.54, 1.807) is 0 Å². The Labute approximate surface area is 177 Å². The van der Waals surface area contributed by atoms with Crippen molar-refractivity contribution in [2.24, 2.45) is 0 Å². The van der Waals surface area contributed by atoms with E-state index < -0.39 is 0 Å². The SMILES string of the molecule is c1ccc(Cn2nnnc2C(c2ccncc2)N2CCCN(C3CCC3)CC2)cc1. The monoisotopic (exact) mass is 403 g/mol. The zero-order chi connectivity index (χ0) is 20.2. The van der Waals surface area contributed by atoms with Crippen molar-refractivity contribution < 1.29 is 0 Å². The summed E-state index contributed by atoms with van der Waals surface area (Å²) in [6, 6.07) is 15.4. The first-order valence-electron chi connectivity index (χ1n) is 11.1. The van der Waals surface area contributed by atoms with Gasteiger partial charge in [-0.05, 0) is 59.5 Å². The van der Waals surface area contributed by atoms with Gasteiger partial charge in [-0.15, -0.1) is 5.10 Å². The lowest BCUT2D eigenvalue weighted by molar-refractivity contribution is 0.127. The molecule has 0 radical (unpaired) electrons. The Hall–Kier alpha value is -2.64. The van der Waals surface area contributed by atoms with Crippen molar-refractivity contribution in [3.8, 4) is 0 Å². The Balaban J connectivity index is 1.43. The van der Waals surface area contributed by atoms with Crippen LogP contribution < -0.4 is 0 Å². The predicted molar refractivity (Wildman–Crippen MR) is 115 cm³/mol. The van der Waals surface area contributed by atoms with E-state index in [1.165, 1.54) is 43.4 Å². The summed E-state index contributed by atoms with van der Waals surface area (Å²) in [4.78, 5) is 9.48. The van der Waals surface area contributed by atoms with Gasteiger partial charge in [0.1, 0.15) is 0 Å². The molecule has 2 aromatic heterocycles. The van der Waals surface area contributed by atoms with Crippen LogP contribution in [-0.4, -0.2) is 67.2 Å². The quantitative estimate of drug-likeness (QED) is 0.631. The van der Waals surface area contributed by atoms with Gasteiger partial charge in [0, 0.05) is 38.1 Å². The largest absolute Gasteiger partial charge is 0.299 e. The minimum atomic E-state index is 0.0352. The molecule has 0 N–H and O–H groups in total. The first-order chi connectivity index (χ1) is 14.9. The van der Waals surface area contributed by atoms with Crippen molar-refractivity contribution in [3.05, 3.63) is 71.8 Å². The molecule has 1 saturated heterocycles. The standard InChI is InChI=1S/C23H29N7/c1-2-6-19(7-3-1)18-30-23(25-26-27-30)22(20-10-12-24-13-11-20)29-15-5-14-28(16-17-29)21-8-4-9-21/h1-3,6-7,10-13,21-22H,4-5,8-9,14-18H2. The molecular formula is C23H29N7. The molecular weight excluding hydrogens is 374 g/mol. The highest BCUT2D eigenvalue weighted by Crippen LogP contribution is 2.30. The zero-order valence-electron chi connectivity index (χ0n) is 17.3. The van der Waals surface area contributed by atoms with E-state index >= 15 is 0 Å². The van der Waals surface area contributed by atoms with Crippen LogP contribution in [0.1, 0.15) is 48.7 Å². The lowest BCUT2D eigenvalue weighted by Gasteiger charge is -2.37. The Kier molecular flexibility index (Phi) is 5.81. The third-order valence-electron chi connectivity index (χ3n) is 6.52. The highest BCUT2D eigenvalue weighted by atomic mass is 15.5. The Morgan fingerprint density at radius 2 is 1.73 bits per heavy atom. The van der Waals surface area contributed by atoms with Crippen molar-refractivity contribution in [3.63, 3.8) is 0 Å². The molecule has 1 aliphatic heterocycles. The molecule has 2 aliphatic rings. The molecule has 5 rings (SSSR count). The van der Waals surface area contributed by atoms with Crippen LogP contribution in [0.2, 0.25) is 0 Å². The van der Waals surface area contributed by atoms with E-state index in [1.807, 2.05) is 23.1 Å². The normalized spacial score (nSPS) is 19.9. The summed E-state index contributed by atoms with van der Waals surface area (Å²) in [6.07, 6.45) is 9.03. The van der Waals surface area contributed by atoms with E-state index in [9.17, 15) is 0 Å². The smallest absolute Gasteiger partial charge is 0.173 e. The van der Waals surface area contributed by atoms with Gasteiger partial charge in [0.15, 0.2) is 5.82 Å². The molecule has 1 aliphatic carbocycles. The Morgan fingerprint density at radius 1 is 0.900 bits per heavy atom. The lowest BCUT2D eigenvalue weighted by atomic mass is 9.91. The minimum Gasteiger partial charge on any atom is -0.299 e. The predicted octanol–water partition coefficient (Wildman–Crippen LogP) is 2.77. The summed E-state index contributed by atoms with van der Waals surface area (Å²) in [6.45, 7) is 5.06. The highest BCUT2D eigenvalue weighted by Gasteiger charge is 2.32. The second-order valence-corrected chi connectivity index (χ2v) is 8.37. The van der Waals surface area contributed by atoms with Gasteiger partial charge < -0.3 is 0 Å². The summed E-state index contributed by atoms with van der Waals surface area (Å²) in [5, 5.41) is 12.9. The fourth-order valence-electron chi connectivity index (χ4n) is 4.68. The fraction of sp³-hybridized carbons (Fsp3) is 0.478. The van der Waals surface area contributed by atoms with Crippen molar-refractivity contribution in [2.75, 3.05) is 26.2 Å². The minimum absolute atomic E-state index is 0.0352. The van der Waals surface area contributed by atoms with Gasteiger partial charge in [-0.2, -0.15) is 0 Å². The molecule has 1 atom stereocenters. The van der Waals surface area contributed by atoms with Crippen molar-refractivity contribution in [2.45, 2.75) is 44.3 Å². The zero-order valence-corrected chi connectivity index (χ0v) is 17.3. The van der Waals surface area contributed by atoms with Crippen molar-refractivity contribution >= 4 is 0 Å². The highest BCUT2D eigenvalue weighted by molar-refractivity contribution is 5.23. The molecule has 1 unspecified atom stereocenters. The molecule has 0 amide bonds. The Morgan fingerprint density at radius 3 is 2.50 bits per heavy atom. The number of pyridine rings is 1. The summed E-state index contributed by atoms with van der Waals surface area (Å²) in [5.41, 5.74) is 2.40. The molecule has 7 heteroatoms. The van der Waals surface area contributed by atoms with Crippen LogP contribution in [0.5, 0.6) is 0 Å². The number of aromatic nitrogens is 5. The number of benzene rings is 1. The van der Waals surface area contributed by atoms with Gasteiger partial charge >= 0.3 is 0 Å². The summed E-state index contributed by atoms with van der Waals surface area (Å²) >= 11 is 0. The lowest BCUT2D eigenvalue weighted by Crippen LogP contribution is -2.42. The molecule has 7 nitrogen and oxygen atoms in total. The van der Waals surface area contributed by atoms with E-state index in [4.69, 9.17) is 0 Å². The first-order valence-corrected chi connectivity index (χ1v) is 11.1. The number of nitrogens with zero attached hydrogens (tertiary/aromatic N) is 7. The maximum Gasteiger partial charge on any atom is 0.173 e. The van der Waals surface area contributed by atoms with Crippen LogP contribution in [0.25, 0.3) is 0 Å². The molecule has 0 bridgehead atoms. The van der Waals surface area contributed by atoms with Gasteiger partial charge in [0.2, 0.25) is 0 Å². The number of rotatable bonds is 6. The van der Waals surface area contributed by atoms with Crippen LogP contribution in [0.4, 0.5) is 0 Å². The van der Waals surface area contributed by atoms with E-state index in [2.05, 4.69) is 66.7 Å². The van der Waals surface area contributed by atoms with Crippen LogP contribution in [0.15, 0.2) is 54.9 Å². The average Bonchev–Trinajstić information content (AvgIpc) is 3.06. The average molecular weight is 404 g/mol. The molecule has 1 aromatic carbocycles. The molecule has 156 valence electrons. The van der Waals surface area contributed by atoms with Gasteiger partial charge in [-0.1, -0.05) is 36.8 Å². The van der Waals surface area contributed by atoms with E-state index in [0.717, 1.165) is 31.5 Å². The van der Waals surface area contributed by atoms with Crippen LogP contribution >= 0.6 is 0 Å². The molecule has 1 saturated carbocycles. The first kappa shape index (κ1) is 19.3. The maximum atomic E-state index is 4.50. The maximum absolute atomic E-state index is 4.50. The number of hydrogen-bond acceptors (Lipinski definition) is 6. The molecule has 0 spiro atoms. The molecule has 30 heavy (non-hydrogen) atoms. The van der Waals surface area contributed by atoms with Crippen LogP contribution in [0, 0.1) is 0 Å². The van der Waals surface area contributed by atoms with Gasteiger partial charge in [0.25, 0.3) is 0 Å². The van der Waals surface area contributed by atoms with Crippen LogP contribution in [0.3, 0.4) is 0 Å². The molecule has 3 aromatic rings. The van der Waals surface area contributed by atoms with Crippen molar-refractivity contribution in [1.29, 1.82) is 0 Å². The van der Waals surface area contributed by atoms with Crippen molar-refractivity contribution in [1.82, 2.24) is 35.0 Å². The van der Waals surface area contributed by atoms with Crippen LogP contribution in [-0.2, 0) is 6.54 Å². The van der Waals surface area contributed by atoms with Gasteiger partial charge in [-0.3, -0.25) is 14.8 Å². The third-order valence-corrected chi connectivity index (χ3v) is 6.52.